The third-order valence-corrected chi connectivity index (χ3v) is 3.25. The van der Waals surface area contributed by atoms with Gasteiger partial charge in [0.25, 0.3) is 0 Å². The third kappa shape index (κ3) is 1.91. The molecule has 2 fully saturated rings. The smallest absolute Gasteiger partial charge is 0.189 e. The molecule has 1 aliphatic heterocycles. The highest BCUT2D eigenvalue weighted by Crippen LogP contribution is 2.41. The fraction of sp³-hybridized carbons (Fsp3) is 0.600. The van der Waals surface area contributed by atoms with Crippen molar-refractivity contribution in [1.82, 2.24) is 9.97 Å². The number of halogens is 2. The van der Waals surface area contributed by atoms with E-state index in [1.54, 1.807) is 0 Å². The summed E-state index contributed by atoms with van der Waals surface area (Å²) in [6, 6.07) is 0. The van der Waals surface area contributed by atoms with Crippen molar-refractivity contribution in [2.75, 3.05) is 13.2 Å². The van der Waals surface area contributed by atoms with E-state index < -0.39 is 6.29 Å². The van der Waals surface area contributed by atoms with E-state index in [2.05, 4.69) is 9.97 Å². The van der Waals surface area contributed by atoms with Crippen LogP contribution in [-0.2, 0) is 9.47 Å². The van der Waals surface area contributed by atoms with E-state index in [0.29, 0.717) is 35.0 Å². The van der Waals surface area contributed by atoms with E-state index in [1.807, 2.05) is 0 Å². The molecule has 0 radical (unpaired) electrons. The molecule has 2 heterocycles. The quantitative estimate of drug-likeness (QED) is 0.768. The Hall–Kier alpha value is -0.420. The minimum absolute atomic E-state index is 0.341. The molecule has 0 bridgehead atoms. The molecule has 4 nitrogen and oxygen atoms in total. The van der Waals surface area contributed by atoms with Crippen LogP contribution in [-0.4, -0.2) is 23.2 Å². The summed E-state index contributed by atoms with van der Waals surface area (Å²) in [5.41, 5.74) is 0.547. The van der Waals surface area contributed by atoms with Gasteiger partial charge in [0.2, 0.25) is 0 Å². The predicted molar refractivity (Wildman–Crippen MR) is 58.7 cm³/mol. The van der Waals surface area contributed by atoms with Crippen LogP contribution in [0.2, 0.25) is 10.3 Å². The Morgan fingerprint density at radius 2 is 1.56 bits per heavy atom. The first-order valence-corrected chi connectivity index (χ1v) is 5.97. The summed E-state index contributed by atoms with van der Waals surface area (Å²) in [7, 11) is 0. The van der Waals surface area contributed by atoms with Gasteiger partial charge in [-0.3, -0.25) is 0 Å². The molecule has 1 saturated heterocycles. The second-order valence-corrected chi connectivity index (χ2v) is 4.64. The molecule has 1 saturated carbocycles. The van der Waals surface area contributed by atoms with E-state index in [1.165, 1.54) is 0 Å². The fourth-order valence-corrected chi connectivity index (χ4v) is 2.25. The molecule has 1 aromatic rings. The van der Waals surface area contributed by atoms with Crippen LogP contribution in [0.1, 0.15) is 36.4 Å². The minimum Gasteiger partial charge on any atom is -0.346 e. The third-order valence-electron chi connectivity index (χ3n) is 2.67. The number of hydrogen-bond donors (Lipinski definition) is 0. The maximum Gasteiger partial charge on any atom is 0.189 e. The molecule has 1 aromatic heterocycles. The molecule has 0 N–H and O–H groups in total. The Kier molecular flexibility index (Phi) is 2.75. The monoisotopic (exact) mass is 260 g/mol. The summed E-state index contributed by atoms with van der Waals surface area (Å²) in [6.07, 6.45) is 1.71. The van der Waals surface area contributed by atoms with Crippen molar-refractivity contribution in [2.24, 2.45) is 0 Å². The van der Waals surface area contributed by atoms with Crippen molar-refractivity contribution in [2.45, 2.75) is 25.0 Å². The normalized spacial score (nSPS) is 21.6. The Labute approximate surface area is 103 Å². The van der Waals surface area contributed by atoms with Crippen molar-refractivity contribution in [3.63, 3.8) is 0 Å². The van der Waals surface area contributed by atoms with E-state index in [4.69, 9.17) is 32.7 Å². The number of rotatable bonds is 2. The summed E-state index contributed by atoms with van der Waals surface area (Å²) in [6.45, 7) is 1.09. The Balaban J connectivity index is 1.97. The van der Waals surface area contributed by atoms with Gasteiger partial charge in [-0.25, -0.2) is 9.97 Å². The van der Waals surface area contributed by atoms with Crippen LogP contribution < -0.4 is 0 Å². The topological polar surface area (TPSA) is 44.2 Å². The fourth-order valence-electron chi connectivity index (χ4n) is 1.68. The van der Waals surface area contributed by atoms with E-state index in [9.17, 15) is 0 Å². The Morgan fingerprint density at radius 1 is 1.00 bits per heavy atom. The maximum atomic E-state index is 6.09. The van der Waals surface area contributed by atoms with Crippen LogP contribution in [0.4, 0.5) is 0 Å². The van der Waals surface area contributed by atoms with Gasteiger partial charge in [0.05, 0.1) is 18.8 Å². The molecular weight excluding hydrogens is 251 g/mol. The maximum absolute atomic E-state index is 6.09. The summed E-state index contributed by atoms with van der Waals surface area (Å²) in [5, 5.41) is 0.683. The zero-order valence-electron chi connectivity index (χ0n) is 8.45. The first kappa shape index (κ1) is 10.7. The van der Waals surface area contributed by atoms with E-state index >= 15 is 0 Å². The summed E-state index contributed by atoms with van der Waals surface area (Å²) < 4.78 is 10.7. The molecule has 0 unspecified atom stereocenters. The molecule has 16 heavy (non-hydrogen) atoms. The van der Waals surface area contributed by atoms with Gasteiger partial charge in [0.15, 0.2) is 6.29 Å². The summed E-state index contributed by atoms with van der Waals surface area (Å²) in [4.78, 5) is 8.50. The molecule has 1 aliphatic carbocycles. The summed E-state index contributed by atoms with van der Waals surface area (Å²) >= 11 is 12.2. The second kappa shape index (κ2) is 4.11. The molecule has 86 valence electrons. The van der Waals surface area contributed by atoms with Crippen LogP contribution in [0.3, 0.4) is 0 Å². The van der Waals surface area contributed by atoms with E-state index in [-0.39, 0.29) is 0 Å². The van der Waals surface area contributed by atoms with Gasteiger partial charge in [-0.15, -0.1) is 0 Å². The highest BCUT2D eigenvalue weighted by atomic mass is 35.5. The molecule has 0 spiro atoms. The Morgan fingerprint density at radius 3 is 2.06 bits per heavy atom. The Bertz CT molecular complexity index is 394. The highest BCUT2D eigenvalue weighted by Gasteiger charge is 2.31. The van der Waals surface area contributed by atoms with Crippen LogP contribution >= 0.6 is 23.2 Å². The van der Waals surface area contributed by atoms with Gasteiger partial charge < -0.3 is 9.47 Å². The number of aromatic nitrogens is 2. The molecule has 2 aliphatic rings. The number of nitrogens with zero attached hydrogens (tertiary/aromatic N) is 2. The van der Waals surface area contributed by atoms with Crippen molar-refractivity contribution in [1.29, 1.82) is 0 Å². The van der Waals surface area contributed by atoms with Gasteiger partial charge in [0.1, 0.15) is 16.1 Å². The molecule has 3 rings (SSSR count). The zero-order valence-corrected chi connectivity index (χ0v) is 9.96. The molecule has 0 aromatic carbocycles. The standard InChI is InChI=1S/C10H10Cl2N2O2/c11-7-6(10-15-3-4-16-10)8(12)14-9(13-7)5-1-2-5/h5,10H,1-4H2. The largest absolute Gasteiger partial charge is 0.346 e. The van der Waals surface area contributed by atoms with Crippen molar-refractivity contribution in [3.8, 4) is 0 Å². The van der Waals surface area contributed by atoms with Gasteiger partial charge in [0, 0.05) is 5.92 Å². The van der Waals surface area contributed by atoms with Gasteiger partial charge in [-0.1, -0.05) is 23.2 Å². The molecule has 0 atom stereocenters. The average Bonchev–Trinajstić information content (AvgIpc) is 2.96. The SMILES string of the molecule is Clc1nc(C2CC2)nc(Cl)c1C1OCCO1. The lowest BCUT2D eigenvalue weighted by atomic mass is 10.3. The lowest BCUT2D eigenvalue weighted by molar-refractivity contribution is -0.0444. The van der Waals surface area contributed by atoms with Gasteiger partial charge >= 0.3 is 0 Å². The lowest BCUT2D eigenvalue weighted by Gasteiger charge is -2.12. The van der Waals surface area contributed by atoms with Crippen LogP contribution in [0.5, 0.6) is 0 Å². The van der Waals surface area contributed by atoms with Crippen molar-refractivity contribution >= 4 is 23.2 Å². The minimum atomic E-state index is -0.520. The lowest BCUT2D eigenvalue weighted by Crippen LogP contribution is -2.05. The average molecular weight is 261 g/mol. The second-order valence-electron chi connectivity index (χ2n) is 3.92. The summed E-state index contributed by atoms with van der Waals surface area (Å²) in [5.74, 6) is 1.16. The highest BCUT2D eigenvalue weighted by molar-refractivity contribution is 6.34. The number of hydrogen-bond acceptors (Lipinski definition) is 4. The zero-order chi connectivity index (χ0) is 11.1. The first-order chi connectivity index (χ1) is 7.75. The van der Waals surface area contributed by atoms with Crippen molar-refractivity contribution < 1.29 is 9.47 Å². The molecular formula is C10H10Cl2N2O2. The van der Waals surface area contributed by atoms with Crippen LogP contribution in [0.15, 0.2) is 0 Å². The van der Waals surface area contributed by atoms with Gasteiger partial charge in [-0.05, 0) is 12.8 Å². The predicted octanol–water partition coefficient (Wildman–Crippen LogP) is 2.71. The van der Waals surface area contributed by atoms with Gasteiger partial charge in [-0.2, -0.15) is 0 Å². The van der Waals surface area contributed by atoms with Crippen LogP contribution in [0.25, 0.3) is 0 Å². The van der Waals surface area contributed by atoms with Crippen molar-refractivity contribution in [3.05, 3.63) is 21.7 Å². The molecule has 6 heteroatoms. The molecule has 0 amide bonds. The van der Waals surface area contributed by atoms with Crippen LogP contribution in [0, 0.1) is 0 Å². The first-order valence-electron chi connectivity index (χ1n) is 5.21. The number of ether oxygens (including phenoxy) is 2. The van der Waals surface area contributed by atoms with E-state index in [0.717, 1.165) is 18.7 Å².